The van der Waals surface area contributed by atoms with E-state index in [-0.39, 0.29) is 6.04 Å². The first-order chi connectivity index (χ1) is 7.99. The lowest BCUT2D eigenvalue weighted by molar-refractivity contribution is -0.0410. The summed E-state index contributed by atoms with van der Waals surface area (Å²) in [5, 5.41) is 13.2. The molecule has 2 N–H and O–H groups in total. The van der Waals surface area contributed by atoms with E-state index >= 15 is 0 Å². The van der Waals surface area contributed by atoms with E-state index in [2.05, 4.69) is 5.32 Å². The van der Waals surface area contributed by atoms with E-state index < -0.39 is 18.3 Å². The van der Waals surface area contributed by atoms with Gasteiger partial charge in [-0.15, -0.1) is 0 Å². The molecule has 0 bridgehead atoms. The predicted molar refractivity (Wildman–Crippen MR) is 64.0 cm³/mol. The number of hydrogen-bond donors (Lipinski definition) is 2. The number of nitrogens with one attached hydrogen (secondary N) is 1. The molecule has 1 aliphatic rings. The van der Waals surface area contributed by atoms with Gasteiger partial charge in [0.05, 0.1) is 6.04 Å². The van der Waals surface area contributed by atoms with Gasteiger partial charge in [-0.3, -0.25) is 0 Å². The molecular weight excluding hydrogens is 242 g/mol. The molecule has 0 spiro atoms. The van der Waals surface area contributed by atoms with Gasteiger partial charge in [-0.1, -0.05) is 17.7 Å². The number of cyclic esters (lactones) is 1. The fraction of sp³-hybridized carbons (Fsp3) is 0.417. The molecule has 1 aliphatic heterocycles. The lowest BCUT2D eigenvalue weighted by Gasteiger charge is -2.34. The summed E-state index contributed by atoms with van der Waals surface area (Å²) in [5.41, 5.74) is 1.67. The zero-order chi connectivity index (χ0) is 12.6. The monoisotopic (exact) mass is 255 g/mol. The molecule has 1 fully saturated rings. The number of hydrogen-bond acceptors (Lipinski definition) is 3. The number of amides is 1. The number of alkyl carbamates (subject to hydrolysis) is 1. The Labute approximate surface area is 105 Å². The molecule has 1 aromatic carbocycles. The second-order valence-electron chi connectivity index (χ2n) is 4.25. The molecule has 17 heavy (non-hydrogen) atoms. The Morgan fingerprint density at radius 1 is 1.47 bits per heavy atom. The van der Waals surface area contributed by atoms with Crippen LogP contribution in [0.4, 0.5) is 4.79 Å². The summed E-state index contributed by atoms with van der Waals surface area (Å²) < 4.78 is 5.13. The highest BCUT2D eigenvalue weighted by Gasteiger charge is 2.36. The molecule has 1 heterocycles. The molecule has 3 atom stereocenters. The summed E-state index contributed by atoms with van der Waals surface area (Å²) in [4.78, 5) is 11.3. The third-order valence-electron chi connectivity index (χ3n) is 2.94. The third-order valence-corrected chi connectivity index (χ3v) is 3.18. The molecule has 2 rings (SSSR count). The fourth-order valence-electron chi connectivity index (χ4n) is 1.96. The highest BCUT2D eigenvalue weighted by Crippen LogP contribution is 2.30. The minimum absolute atomic E-state index is 0.337. The Morgan fingerprint density at radius 2 is 2.18 bits per heavy atom. The van der Waals surface area contributed by atoms with Gasteiger partial charge in [0.2, 0.25) is 0 Å². The van der Waals surface area contributed by atoms with Crippen molar-refractivity contribution in [2.24, 2.45) is 0 Å². The van der Waals surface area contributed by atoms with Crippen molar-refractivity contribution in [3.63, 3.8) is 0 Å². The predicted octanol–water partition coefficient (Wildman–Crippen LogP) is 2.18. The molecule has 0 aliphatic carbocycles. The lowest BCUT2D eigenvalue weighted by Crippen LogP contribution is -2.51. The van der Waals surface area contributed by atoms with E-state index in [1.54, 1.807) is 25.1 Å². The molecule has 1 aromatic rings. The van der Waals surface area contributed by atoms with E-state index in [1.165, 1.54) is 0 Å². The quantitative estimate of drug-likeness (QED) is 0.809. The van der Waals surface area contributed by atoms with Crippen molar-refractivity contribution in [3.05, 3.63) is 34.3 Å². The minimum atomic E-state index is -0.771. The normalized spacial score (nSPS) is 28.5. The molecule has 0 radical (unpaired) electrons. The van der Waals surface area contributed by atoms with Crippen LogP contribution in [0.2, 0.25) is 5.02 Å². The van der Waals surface area contributed by atoms with Crippen LogP contribution >= 0.6 is 11.6 Å². The number of aliphatic hydroxyl groups is 1. The SMILES string of the molecule is Cc1cc(Cl)ccc1C1OC(=O)NC(C)C1O. The number of carbonyl (C=O) groups is 1. The van der Waals surface area contributed by atoms with Gasteiger partial charge in [-0.25, -0.2) is 4.79 Å². The Balaban J connectivity index is 2.34. The molecular formula is C12H14ClNO3. The van der Waals surface area contributed by atoms with E-state index in [4.69, 9.17) is 16.3 Å². The smallest absolute Gasteiger partial charge is 0.408 e. The van der Waals surface area contributed by atoms with Gasteiger partial charge >= 0.3 is 6.09 Å². The first kappa shape index (κ1) is 12.2. The van der Waals surface area contributed by atoms with Gasteiger partial charge in [0.25, 0.3) is 0 Å². The molecule has 1 saturated heterocycles. The Morgan fingerprint density at radius 3 is 2.82 bits per heavy atom. The summed E-state index contributed by atoms with van der Waals surface area (Å²) in [7, 11) is 0. The molecule has 4 nitrogen and oxygen atoms in total. The van der Waals surface area contributed by atoms with Gasteiger partial charge in [0, 0.05) is 5.02 Å². The second-order valence-corrected chi connectivity index (χ2v) is 4.69. The van der Waals surface area contributed by atoms with Gasteiger partial charge in [-0.05, 0) is 37.1 Å². The van der Waals surface area contributed by atoms with Crippen molar-refractivity contribution in [3.8, 4) is 0 Å². The minimum Gasteiger partial charge on any atom is -0.438 e. The number of aryl methyl sites for hydroxylation is 1. The van der Waals surface area contributed by atoms with Crippen LogP contribution in [0.1, 0.15) is 24.2 Å². The van der Waals surface area contributed by atoms with Crippen LogP contribution < -0.4 is 5.32 Å². The Kier molecular flexibility index (Phi) is 3.26. The van der Waals surface area contributed by atoms with Crippen LogP contribution in [-0.2, 0) is 4.74 Å². The van der Waals surface area contributed by atoms with E-state index in [9.17, 15) is 9.90 Å². The molecule has 0 saturated carbocycles. The second kappa shape index (κ2) is 4.55. The fourth-order valence-corrected chi connectivity index (χ4v) is 2.18. The molecule has 3 unspecified atom stereocenters. The number of carbonyl (C=O) groups excluding carboxylic acids is 1. The van der Waals surface area contributed by atoms with Crippen LogP contribution in [0.5, 0.6) is 0 Å². The van der Waals surface area contributed by atoms with Crippen LogP contribution in [0, 0.1) is 6.92 Å². The van der Waals surface area contributed by atoms with Crippen LogP contribution in [0.15, 0.2) is 18.2 Å². The average Bonchev–Trinajstić information content (AvgIpc) is 2.24. The van der Waals surface area contributed by atoms with E-state index in [0.29, 0.717) is 5.02 Å². The maximum Gasteiger partial charge on any atom is 0.408 e. The van der Waals surface area contributed by atoms with Crippen molar-refractivity contribution in [1.29, 1.82) is 0 Å². The van der Waals surface area contributed by atoms with Crippen LogP contribution in [-0.4, -0.2) is 23.3 Å². The summed E-state index contributed by atoms with van der Waals surface area (Å²) in [5.74, 6) is 0. The van der Waals surface area contributed by atoms with Gasteiger partial charge in [-0.2, -0.15) is 0 Å². The number of halogens is 1. The van der Waals surface area contributed by atoms with Crippen LogP contribution in [0.25, 0.3) is 0 Å². The standard InChI is InChI=1S/C12H14ClNO3/c1-6-5-8(13)3-4-9(6)11-10(15)7(2)14-12(16)17-11/h3-5,7,10-11,15H,1-2H3,(H,14,16). The third kappa shape index (κ3) is 2.37. The maximum atomic E-state index is 11.3. The summed E-state index contributed by atoms with van der Waals surface area (Å²) in [6, 6.07) is 4.94. The summed E-state index contributed by atoms with van der Waals surface area (Å²) in [6.45, 7) is 3.61. The molecule has 0 aromatic heterocycles. The van der Waals surface area contributed by atoms with E-state index in [0.717, 1.165) is 11.1 Å². The van der Waals surface area contributed by atoms with Crippen molar-refractivity contribution in [2.75, 3.05) is 0 Å². The zero-order valence-electron chi connectivity index (χ0n) is 9.61. The first-order valence-corrected chi connectivity index (χ1v) is 5.78. The van der Waals surface area contributed by atoms with E-state index in [1.807, 2.05) is 6.92 Å². The highest BCUT2D eigenvalue weighted by molar-refractivity contribution is 6.30. The number of rotatable bonds is 1. The molecule has 92 valence electrons. The maximum absolute atomic E-state index is 11.3. The number of ether oxygens (including phenoxy) is 1. The first-order valence-electron chi connectivity index (χ1n) is 5.40. The number of benzene rings is 1. The molecule has 5 heteroatoms. The molecule has 1 amide bonds. The lowest BCUT2D eigenvalue weighted by atomic mass is 9.95. The zero-order valence-corrected chi connectivity index (χ0v) is 10.4. The van der Waals surface area contributed by atoms with Crippen molar-refractivity contribution < 1.29 is 14.6 Å². The van der Waals surface area contributed by atoms with Gasteiger partial charge < -0.3 is 15.2 Å². The largest absolute Gasteiger partial charge is 0.438 e. The van der Waals surface area contributed by atoms with Crippen molar-refractivity contribution in [2.45, 2.75) is 32.1 Å². The summed E-state index contributed by atoms with van der Waals surface area (Å²) in [6.07, 6.45) is -1.93. The van der Waals surface area contributed by atoms with Crippen LogP contribution in [0.3, 0.4) is 0 Å². The summed E-state index contributed by atoms with van der Waals surface area (Å²) >= 11 is 5.87. The van der Waals surface area contributed by atoms with Crippen molar-refractivity contribution >= 4 is 17.7 Å². The van der Waals surface area contributed by atoms with Crippen molar-refractivity contribution in [1.82, 2.24) is 5.32 Å². The van der Waals surface area contributed by atoms with Gasteiger partial charge in [0.1, 0.15) is 6.10 Å². The van der Waals surface area contributed by atoms with Gasteiger partial charge in [0.15, 0.2) is 6.10 Å². The average molecular weight is 256 g/mol. The topological polar surface area (TPSA) is 58.6 Å². The highest BCUT2D eigenvalue weighted by atomic mass is 35.5. The Hall–Kier alpha value is -1.26. The number of aliphatic hydroxyl groups excluding tert-OH is 1. The Bertz CT molecular complexity index is 449.